The molecule has 1 unspecified atom stereocenters. The fraction of sp³-hybridized carbons (Fsp3) is 0.304. The third-order valence-electron chi connectivity index (χ3n) is 5.55. The number of pyridine rings is 1. The smallest absolute Gasteiger partial charge is 0.361 e. The van der Waals surface area contributed by atoms with Gasteiger partial charge in [-0.25, -0.2) is 0 Å². The highest BCUT2D eigenvalue weighted by Crippen LogP contribution is 2.42. The summed E-state index contributed by atoms with van der Waals surface area (Å²) in [5.74, 6) is 0.606. The van der Waals surface area contributed by atoms with Crippen molar-refractivity contribution in [1.82, 2.24) is 14.7 Å². The number of alkyl halides is 3. The fourth-order valence-electron chi connectivity index (χ4n) is 4.20. The fourth-order valence-corrected chi connectivity index (χ4v) is 4.20. The maximum absolute atomic E-state index is 14.2. The molecular formula is C23H22F3N3O. The van der Waals surface area contributed by atoms with Gasteiger partial charge in [0.05, 0.1) is 22.8 Å². The number of aryl methyl sites for hydroxylation is 3. The van der Waals surface area contributed by atoms with Crippen LogP contribution in [0.25, 0.3) is 22.2 Å². The molecule has 7 heteroatoms. The van der Waals surface area contributed by atoms with Gasteiger partial charge >= 0.3 is 6.18 Å². The van der Waals surface area contributed by atoms with E-state index in [1.807, 2.05) is 30.3 Å². The number of benzene rings is 1. The first-order valence-corrected chi connectivity index (χ1v) is 9.82. The Balaban J connectivity index is 2.06. The molecule has 0 spiro atoms. The van der Waals surface area contributed by atoms with Crippen molar-refractivity contribution in [2.24, 2.45) is 0 Å². The molecule has 1 aromatic carbocycles. The van der Waals surface area contributed by atoms with E-state index in [0.717, 1.165) is 11.1 Å². The molecule has 0 amide bonds. The Kier molecular flexibility index (Phi) is 4.92. The van der Waals surface area contributed by atoms with Crippen LogP contribution in [0.2, 0.25) is 0 Å². The average molecular weight is 413 g/mol. The number of aromatic nitrogens is 3. The maximum Gasteiger partial charge on any atom is 0.431 e. The van der Waals surface area contributed by atoms with E-state index in [0.29, 0.717) is 28.1 Å². The molecule has 0 bridgehead atoms. The summed E-state index contributed by atoms with van der Waals surface area (Å²) in [5.41, 5.74) is 3.33. The van der Waals surface area contributed by atoms with Crippen LogP contribution in [-0.4, -0.2) is 14.7 Å². The molecule has 0 saturated heterocycles. The van der Waals surface area contributed by atoms with Gasteiger partial charge in [-0.15, -0.1) is 0 Å². The minimum Gasteiger partial charge on any atom is -0.361 e. The zero-order valence-corrected chi connectivity index (χ0v) is 17.2. The average Bonchev–Trinajstić information content (AvgIpc) is 3.24. The normalized spacial score (nSPS) is 13.2. The van der Waals surface area contributed by atoms with Crippen LogP contribution in [0.3, 0.4) is 0 Å². The molecule has 4 rings (SSSR count). The van der Waals surface area contributed by atoms with Gasteiger partial charge in [-0.1, -0.05) is 42.4 Å². The summed E-state index contributed by atoms with van der Waals surface area (Å²) in [5, 5.41) is 3.97. The van der Waals surface area contributed by atoms with Crippen LogP contribution >= 0.6 is 0 Å². The van der Waals surface area contributed by atoms with E-state index >= 15 is 0 Å². The van der Waals surface area contributed by atoms with Crippen molar-refractivity contribution in [2.45, 2.75) is 46.3 Å². The number of halogens is 3. The lowest BCUT2D eigenvalue weighted by Crippen LogP contribution is -2.19. The Morgan fingerprint density at radius 1 is 1.13 bits per heavy atom. The van der Waals surface area contributed by atoms with E-state index in [4.69, 9.17) is 4.52 Å². The molecule has 30 heavy (non-hydrogen) atoms. The Morgan fingerprint density at radius 2 is 1.83 bits per heavy atom. The van der Waals surface area contributed by atoms with Gasteiger partial charge in [-0.2, -0.15) is 13.2 Å². The van der Waals surface area contributed by atoms with Crippen LogP contribution in [0, 0.1) is 13.8 Å². The number of fused-ring (bicyclic) bond motifs is 1. The van der Waals surface area contributed by atoms with E-state index in [1.165, 1.54) is 4.57 Å². The molecule has 0 aliphatic heterocycles. The lowest BCUT2D eigenvalue weighted by atomic mass is 10.0. The minimum absolute atomic E-state index is 0.214. The summed E-state index contributed by atoms with van der Waals surface area (Å²) in [4.78, 5) is 4.47. The van der Waals surface area contributed by atoms with Crippen molar-refractivity contribution in [2.75, 3.05) is 0 Å². The first-order valence-electron chi connectivity index (χ1n) is 9.82. The molecule has 0 aliphatic carbocycles. The number of nitrogens with zero attached hydrogens (tertiary/aromatic N) is 3. The zero-order valence-electron chi connectivity index (χ0n) is 17.2. The van der Waals surface area contributed by atoms with E-state index in [9.17, 15) is 13.2 Å². The highest BCUT2D eigenvalue weighted by atomic mass is 19.4. The second kappa shape index (κ2) is 7.31. The van der Waals surface area contributed by atoms with Crippen molar-refractivity contribution >= 4 is 11.0 Å². The third-order valence-corrected chi connectivity index (χ3v) is 5.55. The third kappa shape index (κ3) is 3.18. The molecule has 3 heterocycles. The van der Waals surface area contributed by atoms with Crippen molar-refractivity contribution in [3.05, 3.63) is 70.9 Å². The summed E-state index contributed by atoms with van der Waals surface area (Å²) in [6.45, 7) is 7.10. The Labute approximate surface area is 172 Å². The summed E-state index contributed by atoms with van der Waals surface area (Å²) in [6.07, 6.45) is -2.67. The molecule has 1 atom stereocenters. The highest BCUT2D eigenvalue weighted by molar-refractivity contribution is 5.86. The van der Waals surface area contributed by atoms with Gasteiger partial charge in [0, 0.05) is 22.9 Å². The van der Waals surface area contributed by atoms with Crippen molar-refractivity contribution in [1.29, 1.82) is 0 Å². The second-order valence-corrected chi connectivity index (χ2v) is 7.43. The van der Waals surface area contributed by atoms with E-state index < -0.39 is 17.9 Å². The first-order chi connectivity index (χ1) is 14.2. The maximum atomic E-state index is 14.2. The van der Waals surface area contributed by atoms with Gasteiger partial charge in [-0.05, 0) is 38.8 Å². The minimum atomic E-state index is -4.50. The van der Waals surface area contributed by atoms with Crippen LogP contribution in [-0.2, 0) is 12.6 Å². The molecule has 0 N–H and O–H groups in total. The lowest BCUT2D eigenvalue weighted by Gasteiger charge is -2.21. The molecule has 0 radical (unpaired) electrons. The number of rotatable bonds is 4. The van der Waals surface area contributed by atoms with Crippen LogP contribution in [0.15, 0.2) is 47.1 Å². The predicted molar refractivity (Wildman–Crippen MR) is 109 cm³/mol. The van der Waals surface area contributed by atoms with E-state index in [-0.39, 0.29) is 12.0 Å². The molecule has 4 aromatic rings. The van der Waals surface area contributed by atoms with Gasteiger partial charge in [0.2, 0.25) is 0 Å². The molecule has 4 nitrogen and oxygen atoms in total. The summed E-state index contributed by atoms with van der Waals surface area (Å²) >= 11 is 0. The molecule has 156 valence electrons. The quantitative estimate of drug-likeness (QED) is 0.384. The van der Waals surface area contributed by atoms with E-state index in [2.05, 4.69) is 10.1 Å². The molecule has 0 aliphatic rings. The molecule has 0 fully saturated rings. The standard InChI is InChI=1S/C23H22F3N3O/c1-5-18-21-19(11-17(12-27-21)20-13(2)28-30-15(20)4)29(22(18)23(24,25)26)14(3)16-9-7-6-8-10-16/h6-12,14H,5H2,1-4H3. The Bertz CT molecular complexity index is 1190. The molecule has 3 aromatic heterocycles. The Hall–Kier alpha value is -3.09. The number of hydrogen-bond donors (Lipinski definition) is 0. The SMILES string of the molecule is CCc1c(C(F)(F)F)n(C(C)c2ccccc2)c2cc(-c3c(C)noc3C)cnc12. The lowest BCUT2D eigenvalue weighted by molar-refractivity contribution is -0.144. The van der Waals surface area contributed by atoms with Crippen molar-refractivity contribution in [3.63, 3.8) is 0 Å². The molecular weight excluding hydrogens is 391 g/mol. The van der Waals surface area contributed by atoms with Gasteiger partial charge in [-0.3, -0.25) is 4.98 Å². The Morgan fingerprint density at radius 3 is 2.40 bits per heavy atom. The zero-order chi connectivity index (χ0) is 21.6. The monoisotopic (exact) mass is 413 g/mol. The van der Waals surface area contributed by atoms with Crippen LogP contribution in [0.5, 0.6) is 0 Å². The predicted octanol–water partition coefficient (Wildman–Crippen LogP) is 6.50. The van der Waals surface area contributed by atoms with Crippen molar-refractivity contribution < 1.29 is 17.7 Å². The van der Waals surface area contributed by atoms with Gasteiger partial charge < -0.3 is 9.09 Å². The number of hydrogen-bond acceptors (Lipinski definition) is 3. The highest BCUT2D eigenvalue weighted by Gasteiger charge is 2.40. The van der Waals surface area contributed by atoms with Crippen LogP contribution < -0.4 is 0 Å². The topological polar surface area (TPSA) is 43.9 Å². The second-order valence-electron chi connectivity index (χ2n) is 7.43. The van der Waals surface area contributed by atoms with Crippen LogP contribution in [0.1, 0.15) is 48.2 Å². The largest absolute Gasteiger partial charge is 0.431 e. The first kappa shape index (κ1) is 20.2. The van der Waals surface area contributed by atoms with Gasteiger partial charge in [0.15, 0.2) is 0 Å². The molecule has 0 saturated carbocycles. The van der Waals surface area contributed by atoms with Crippen molar-refractivity contribution in [3.8, 4) is 11.1 Å². The summed E-state index contributed by atoms with van der Waals surface area (Å²) in [6, 6.07) is 10.4. The van der Waals surface area contributed by atoms with Crippen LogP contribution in [0.4, 0.5) is 13.2 Å². The van der Waals surface area contributed by atoms with Gasteiger partial charge in [0.1, 0.15) is 11.5 Å². The van der Waals surface area contributed by atoms with Gasteiger partial charge in [0.25, 0.3) is 0 Å². The van der Waals surface area contributed by atoms with E-state index in [1.54, 1.807) is 40.0 Å². The summed E-state index contributed by atoms with van der Waals surface area (Å²) < 4.78 is 49.3. The summed E-state index contributed by atoms with van der Waals surface area (Å²) in [7, 11) is 0.